The molecule has 1 heterocycles. The van der Waals surface area contributed by atoms with Gasteiger partial charge >= 0.3 is 12.0 Å². The lowest BCUT2D eigenvalue weighted by molar-refractivity contribution is -0.139. The van der Waals surface area contributed by atoms with Crippen LogP contribution in [0.5, 0.6) is 6.01 Å². The van der Waals surface area contributed by atoms with Crippen LogP contribution >= 0.6 is 0 Å². The van der Waals surface area contributed by atoms with Crippen molar-refractivity contribution in [3.63, 3.8) is 0 Å². The molecule has 0 bridgehead atoms. The van der Waals surface area contributed by atoms with Crippen molar-refractivity contribution < 1.29 is 14.6 Å². The molecule has 0 amide bonds. The zero-order chi connectivity index (χ0) is 14.8. The molecule has 1 aromatic rings. The minimum atomic E-state index is -0.812. The lowest BCUT2D eigenvalue weighted by atomic mass is 9.95. The second kappa shape index (κ2) is 9.28. The Morgan fingerprint density at radius 3 is 2.40 bits per heavy atom. The molecule has 0 fully saturated rings. The molecule has 1 aromatic heterocycles. The van der Waals surface area contributed by atoms with Gasteiger partial charge in [-0.05, 0) is 13.3 Å². The van der Waals surface area contributed by atoms with E-state index in [2.05, 4.69) is 16.9 Å². The summed E-state index contributed by atoms with van der Waals surface area (Å²) < 4.78 is 5.16. The average molecular weight is 280 g/mol. The lowest BCUT2D eigenvalue weighted by Gasteiger charge is -2.12. The van der Waals surface area contributed by atoms with Gasteiger partial charge in [0.15, 0.2) is 0 Å². The van der Waals surface area contributed by atoms with Crippen LogP contribution in [0.15, 0.2) is 12.4 Å². The minimum Gasteiger partial charge on any atom is -0.481 e. The molecule has 1 N–H and O–H groups in total. The zero-order valence-electron chi connectivity index (χ0n) is 12.3. The summed E-state index contributed by atoms with van der Waals surface area (Å²) in [5.41, 5.74) is 0.649. The van der Waals surface area contributed by atoms with Gasteiger partial charge in [-0.25, -0.2) is 9.97 Å². The van der Waals surface area contributed by atoms with Gasteiger partial charge in [0.05, 0.1) is 12.5 Å². The van der Waals surface area contributed by atoms with E-state index in [0.717, 1.165) is 12.8 Å². The van der Waals surface area contributed by atoms with Crippen LogP contribution in [0, 0.1) is 0 Å². The van der Waals surface area contributed by atoms with Crippen molar-refractivity contribution in [2.24, 2.45) is 0 Å². The molecule has 0 spiro atoms. The van der Waals surface area contributed by atoms with Gasteiger partial charge in [-0.15, -0.1) is 0 Å². The number of hydrogen-bond donors (Lipinski definition) is 1. The van der Waals surface area contributed by atoms with E-state index in [-0.39, 0.29) is 0 Å². The Bertz CT molecular complexity index is 393. The molecule has 0 unspecified atom stereocenters. The SMILES string of the molecule is CCCCCCC[C@H](C(=O)O)c1cnc(OCC)nc1. The van der Waals surface area contributed by atoms with E-state index in [1.165, 1.54) is 19.3 Å². The van der Waals surface area contributed by atoms with Gasteiger partial charge in [-0.2, -0.15) is 0 Å². The number of carbonyl (C=O) groups is 1. The van der Waals surface area contributed by atoms with E-state index in [4.69, 9.17) is 4.74 Å². The van der Waals surface area contributed by atoms with Gasteiger partial charge in [0, 0.05) is 18.0 Å². The number of hydrogen-bond acceptors (Lipinski definition) is 4. The average Bonchev–Trinajstić information content (AvgIpc) is 2.44. The quantitative estimate of drug-likeness (QED) is 0.665. The Balaban J connectivity index is 2.54. The molecule has 0 aliphatic rings. The fourth-order valence-electron chi connectivity index (χ4n) is 2.09. The molecule has 0 saturated carbocycles. The van der Waals surface area contributed by atoms with Crippen molar-refractivity contribution in [3.05, 3.63) is 18.0 Å². The van der Waals surface area contributed by atoms with Crippen LogP contribution < -0.4 is 4.74 Å². The van der Waals surface area contributed by atoms with E-state index in [1.807, 2.05) is 6.92 Å². The predicted molar refractivity (Wildman–Crippen MR) is 77.0 cm³/mol. The Hall–Kier alpha value is -1.65. The van der Waals surface area contributed by atoms with Crippen LogP contribution in [0.1, 0.15) is 63.9 Å². The molecule has 1 atom stereocenters. The fraction of sp³-hybridized carbons (Fsp3) is 0.667. The van der Waals surface area contributed by atoms with E-state index in [0.29, 0.717) is 24.6 Å². The third-order valence-corrected chi connectivity index (χ3v) is 3.22. The largest absolute Gasteiger partial charge is 0.481 e. The smallest absolute Gasteiger partial charge is 0.316 e. The number of aliphatic carboxylic acids is 1. The molecule has 0 aliphatic carbocycles. The summed E-state index contributed by atoms with van der Waals surface area (Å²) in [6, 6.07) is 0.295. The van der Waals surface area contributed by atoms with E-state index in [1.54, 1.807) is 12.4 Å². The van der Waals surface area contributed by atoms with E-state index in [9.17, 15) is 9.90 Å². The van der Waals surface area contributed by atoms with Crippen LogP contribution in [0.2, 0.25) is 0 Å². The minimum absolute atomic E-state index is 0.295. The summed E-state index contributed by atoms with van der Waals surface area (Å²) in [5, 5.41) is 9.32. The molecule has 5 heteroatoms. The number of ether oxygens (including phenoxy) is 1. The van der Waals surface area contributed by atoms with Gasteiger partial charge in [-0.3, -0.25) is 4.79 Å². The van der Waals surface area contributed by atoms with Crippen molar-refractivity contribution in [2.75, 3.05) is 6.61 Å². The second-order valence-corrected chi connectivity index (χ2v) is 4.83. The predicted octanol–water partition coefficient (Wildman–Crippen LogP) is 3.40. The molecule has 112 valence electrons. The van der Waals surface area contributed by atoms with Crippen molar-refractivity contribution in [2.45, 2.75) is 58.3 Å². The van der Waals surface area contributed by atoms with E-state index >= 15 is 0 Å². The summed E-state index contributed by atoms with van der Waals surface area (Å²) in [5.74, 6) is -1.33. The number of unbranched alkanes of at least 4 members (excludes halogenated alkanes) is 4. The Morgan fingerprint density at radius 1 is 1.20 bits per heavy atom. The molecule has 5 nitrogen and oxygen atoms in total. The number of aromatic nitrogens is 2. The highest BCUT2D eigenvalue weighted by atomic mass is 16.5. The highest BCUT2D eigenvalue weighted by Crippen LogP contribution is 2.23. The summed E-state index contributed by atoms with van der Waals surface area (Å²) in [4.78, 5) is 19.4. The van der Waals surface area contributed by atoms with Gasteiger partial charge in [-0.1, -0.05) is 39.0 Å². The van der Waals surface area contributed by atoms with Crippen molar-refractivity contribution in [3.8, 4) is 6.01 Å². The third-order valence-electron chi connectivity index (χ3n) is 3.22. The molecule has 20 heavy (non-hydrogen) atoms. The first-order chi connectivity index (χ1) is 9.69. The molecule has 0 saturated heterocycles. The number of rotatable bonds is 10. The monoisotopic (exact) mass is 280 g/mol. The number of nitrogens with zero attached hydrogens (tertiary/aromatic N) is 2. The maximum atomic E-state index is 11.3. The summed E-state index contributed by atoms with van der Waals surface area (Å²) in [6.07, 6.45) is 9.32. The number of carboxylic acid groups (broad SMARTS) is 1. The van der Waals surface area contributed by atoms with Crippen molar-refractivity contribution in [1.29, 1.82) is 0 Å². The Morgan fingerprint density at radius 2 is 1.85 bits per heavy atom. The summed E-state index contributed by atoms with van der Waals surface area (Å²) in [6.45, 7) is 4.52. The zero-order valence-corrected chi connectivity index (χ0v) is 12.3. The standard InChI is InChI=1S/C15H24N2O3/c1-3-5-6-7-8-9-13(14(18)19)12-10-16-15(17-11-12)20-4-2/h10-11,13H,3-9H2,1-2H3,(H,18,19)/t13-/m0/s1. The number of carboxylic acids is 1. The first-order valence-electron chi connectivity index (χ1n) is 7.36. The Labute approximate surface area is 120 Å². The van der Waals surface area contributed by atoms with Crippen LogP contribution in [0.25, 0.3) is 0 Å². The Kier molecular flexibility index (Phi) is 7.62. The highest BCUT2D eigenvalue weighted by Gasteiger charge is 2.20. The molecule has 0 radical (unpaired) electrons. The van der Waals surface area contributed by atoms with Crippen molar-refractivity contribution >= 4 is 5.97 Å². The van der Waals surface area contributed by atoms with Gasteiger partial charge in [0.2, 0.25) is 0 Å². The second-order valence-electron chi connectivity index (χ2n) is 4.83. The van der Waals surface area contributed by atoms with Crippen LogP contribution in [-0.4, -0.2) is 27.7 Å². The first-order valence-corrected chi connectivity index (χ1v) is 7.36. The first kappa shape index (κ1) is 16.4. The van der Waals surface area contributed by atoms with Gasteiger partial charge in [0.1, 0.15) is 0 Å². The van der Waals surface area contributed by atoms with Crippen LogP contribution in [0.4, 0.5) is 0 Å². The molecular formula is C15H24N2O3. The summed E-state index contributed by atoms with van der Waals surface area (Å²) in [7, 11) is 0. The molecule has 1 rings (SSSR count). The normalized spacial score (nSPS) is 12.1. The third kappa shape index (κ3) is 5.55. The molecular weight excluding hydrogens is 256 g/mol. The van der Waals surface area contributed by atoms with Gasteiger partial charge in [0.25, 0.3) is 0 Å². The lowest BCUT2D eigenvalue weighted by Crippen LogP contribution is -2.12. The highest BCUT2D eigenvalue weighted by molar-refractivity contribution is 5.75. The van der Waals surface area contributed by atoms with Crippen LogP contribution in [0.3, 0.4) is 0 Å². The van der Waals surface area contributed by atoms with Gasteiger partial charge < -0.3 is 9.84 Å². The summed E-state index contributed by atoms with van der Waals surface area (Å²) >= 11 is 0. The molecule has 0 aromatic carbocycles. The van der Waals surface area contributed by atoms with E-state index < -0.39 is 11.9 Å². The van der Waals surface area contributed by atoms with Crippen LogP contribution in [-0.2, 0) is 4.79 Å². The topological polar surface area (TPSA) is 72.3 Å². The maximum Gasteiger partial charge on any atom is 0.316 e. The maximum absolute atomic E-state index is 11.3. The fourth-order valence-corrected chi connectivity index (χ4v) is 2.09. The van der Waals surface area contributed by atoms with Crippen molar-refractivity contribution in [1.82, 2.24) is 9.97 Å². The molecule has 0 aliphatic heterocycles.